The van der Waals surface area contributed by atoms with E-state index in [1.54, 1.807) is 12.1 Å². The maximum absolute atomic E-state index is 12.1. The molecule has 0 atom stereocenters. The molecule has 6 N–H and O–H groups in total. The normalized spacial score (nSPS) is 10.9. The zero-order valence-electron chi connectivity index (χ0n) is 13.8. The summed E-state index contributed by atoms with van der Waals surface area (Å²) in [4.78, 5) is 14.8. The predicted molar refractivity (Wildman–Crippen MR) is 94.0 cm³/mol. The van der Waals surface area contributed by atoms with E-state index in [1.165, 1.54) is 0 Å². The molecule has 2 aromatic rings. The summed E-state index contributed by atoms with van der Waals surface area (Å²) in [5.74, 6) is -0.478. The van der Waals surface area contributed by atoms with E-state index in [2.05, 4.69) is 4.98 Å². The summed E-state index contributed by atoms with van der Waals surface area (Å²) in [5, 5.41) is 28.8. The van der Waals surface area contributed by atoms with E-state index in [4.69, 9.17) is 22.1 Å². The standard InChI is InChI=1S/C17H21ClN2O5/c1-2-5-25-17(24)15-14(18)13(16(19)20-15)10-4-3-9(6-21)11(7-22)12(10)8-23/h3-4,20-23H,2,5-8,19H2,1H3. The molecule has 1 aromatic heterocycles. The molecule has 136 valence electrons. The monoisotopic (exact) mass is 368 g/mol. The summed E-state index contributed by atoms with van der Waals surface area (Å²) in [7, 11) is 0. The van der Waals surface area contributed by atoms with E-state index >= 15 is 0 Å². The number of aliphatic hydroxyl groups is 3. The number of nitrogen functional groups attached to an aromatic ring is 1. The fraction of sp³-hybridized carbons (Fsp3) is 0.353. The third-order valence-corrected chi connectivity index (χ3v) is 4.27. The van der Waals surface area contributed by atoms with Crippen LogP contribution in [0.1, 0.15) is 40.5 Å². The molecule has 0 amide bonds. The first-order valence-electron chi connectivity index (χ1n) is 7.80. The van der Waals surface area contributed by atoms with Gasteiger partial charge in [-0.25, -0.2) is 4.79 Å². The van der Waals surface area contributed by atoms with Crippen molar-refractivity contribution >= 4 is 23.4 Å². The minimum absolute atomic E-state index is 0.0308. The molecule has 0 aliphatic carbocycles. The van der Waals surface area contributed by atoms with Gasteiger partial charge in [0, 0.05) is 5.56 Å². The number of halogens is 1. The van der Waals surface area contributed by atoms with E-state index in [-0.39, 0.29) is 36.4 Å². The van der Waals surface area contributed by atoms with Crippen LogP contribution in [0.5, 0.6) is 0 Å². The molecule has 0 fully saturated rings. The summed E-state index contributed by atoms with van der Waals surface area (Å²) >= 11 is 6.33. The molecule has 0 saturated carbocycles. The van der Waals surface area contributed by atoms with Gasteiger partial charge in [0.05, 0.1) is 31.5 Å². The van der Waals surface area contributed by atoms with Crippen LogP contribution >= 0.6 is 11.6 Å². The van der Waals surface area contributed by atoms with Gasteiger partial charge < -0.3 is 30.8 Å². The topological polar surface area (TPSA) is 129 Å². The van der Waals surface area contributed by atoms with Crippen molar-refractivity contribution < 1.29 is 24.9 Å². The Morgan fingerprint density at radius 1 is 1.20 bits per heavy atom. The van der Waals surface area contributed by atoms with E-state index in [1.807, 2.05) is 6.92 Å². The number of esters is 1. The predicted octanol–water partition coefficient (Wildman–Crippen LogP) is 1.96. The fourth-order valence-electron chi connectivity index (χ4n) is 2.67. The highest BCUT2D eigenvalue weighted by molar-refractivity contribution is 6.37. The van der Waals surface area contributed by atoms with Gasteiger partial charge in [0.25, 0.3) is 0 Å². The minimum Gasteiger partial charge on any atom is -0.461 e. The molecule has 2 rings (SSSR count). The van der Waals surface area contributed by atoms with Crippen molar-refractivity contribution in [2.24, 2.45) is 0 Å². The van der Waals surface area contributed by atoms with Gasteiger partial charge in [-0.15, -0.1) is 0 Å². The number of aliphatic hydroxyl groups excluding tert-OH is 3. The number of H-pyrrole nitrogens is 1. The molecule has 1 heterocycles. The highest BCUT2D eigenvalue weighted by Gasteiger charge is 2.24. The number of hydrogen-bond donors (Lipinski definition) is 5. The van der Waals surface area contributed by atoms with Crippen molar-refractivity contribution in [1.29, 1.82) is 0 Å². The summed E-state index contributed by atoms with van der Waals surface area (Å²) in [6.07, 6.45) is 0.670. The lowest BCUT2D eigenvalue weighted by Crippen LogP contribution is -2.07. The van der Waals surface area contributed by atoms with Crippen molar-refractivity contribution in [2.75, 3.05) is 12.3 Å². The van der Waals surface area contributed by atoms with Crippen LogP contribution in [0.4, 0.5) is 5.82 Å². The van der Waals surface area contributed by atoms with Crippen LogP contribution in [0, 0.1) is 0 Å². The summed E-state index contributed by atoms with van der Waals surface area (Å²) in [6, 6.07) is 3.24. The number of hydrogen-bond acceptors (Lipinski definition) is 6. The largest absolute Gasteiger partial charge is 0.461 e. The number of nitrogens with one attached hydrogen (secondary N) is 1. The van der Waals surface area contributed by atoms with Crippen LogP contribution in [0.2, 0.25) is 5.02 Å². The Kier molecular flexibility index (Phi) is 6.44. The number of benzene rings is 1. The summed E-state index contributed by atoms with van der Waals surface area (Å²) in [5.41, 5.74) is 8.10. The number of carbonyl (C=O) groups excluding carboxylic acids is 1. The maximum Gasteiger partial charge on any atom is 0.356 e. The molecule has 0 aliphatic rings. The molecule has 0 saturated heterocycles. The highest BCUT2D eigenvalue weighted by atomic mass is 35.5. The van der Waals surface area contributed by atoms with E-state index in [9.17, 15) is 20.1 Å². The van der Waals surface area contributed by atoms with E-state index in [0.717, 1.165) is 0 Å². The number of nitrogens with two attached hydrogens (primary N) is 1. The van der Waals surface area contributed by atoms with Gasteiger partial charge >= 0.3 is 5.97 Å². The summed E-state index contributed by atoms with van der Waals surface area (Å²) < 4.78 is 5.07. The Morgan fingerprint density at radius 3 is 2.44 bits per heavy atom. The number of aromatic nitrogens is 1. The first-order valence-corrected chi connectivity index (χ1v) is 8.18. The van der Waals surface area contributed by atoms with Crippen LogP contribution in [0.15, 0.2) is 12.1 Å². The Hall–Kier alpha value is -2.06. The quantitative estimate of drug-likeness (QED) is 0.475. The fourth-order valence-corrected chi connectivity index (χ4v) is 3.00. The first kappa shape index (κ1) is 19.3. The second-order valence-corrected chi connectivity index (χ2v) is 5.82. The number of ether oxygens (including phenoxy) is 1. The Morgan fingerprint density at radius 2 is 1.88 bits per heavy atom. The molecule has 0 radical (unpaired) electrons. The van der Waals surface area contributed by atoms with E-state index in [0.29, 0.717) is 34.2 Å². The summed E-state index contributed by atoms with van der Waals surface area (Å²) in [6.45, 7) is 1.08. The van der Waals surface area contributed by atoms with Crippen LogP contribution in [-0.4, -0.2) is 32.9 Å². The van der Waals surface area contributed by atoms with Crippen LogP contribution < -0.4 is 5.73 Å². The second kappa shape index (κ2) is 8.35. The Bertz CT molecular complexity index is 773. The number of anilines is 1. The smallest absolute Gasteiger partial charge is 0.356 e. The maximum atomic E-state index is 12.1. The van der Waals surface area contributed by atoms with Crippen LogP contribution in [0.3, 0.4) is 0 Å². The third-order valence-electron chi connectivity index (χ3n) is 3.89. The lowest BCUT2D eigenvalue weighted by molar-refractivity contribution is 0.0499. The van der Waals surface area contributed by atoms with Gasteiger partial charge in [0.1, 0.15) is 11.5 Å². The Labute approximate surface area is 150 Å². The average Bonchev–Trinajstić information content (AvgIpc) is 2.92. The van der Waals surface area contributed by atoms with Gasteiger partial charge in [-0.1, -0.05) is 30.7 Å². The molecule has 7 nitrogen and oxygen atoms in total. The van der Waals surface area contributed by atoms with Crippen molar-refractivity contribution in [2.45, 2.75) is 33.2 Å². The molecule has 1 aromatic carbocycles. The minimum atomic E-state index is -0.621. The number of rotatable bonds is 7. The van der Waals surface area contributed by atoms with Crippen molar-refractivity contribution in [3.05, 3.63) is 39.5 Å². The van der Waals surface area contributed by atoms with Gasteiger partial charge in [-0.2, -0.15) is 0 Å². The van der Waals surface area contributed by atoms with Crippen molar-refractivity contribution in [1.82, 2.24) is 4.98 Å². The van der Waals surface area contributed by atoms with Gasteiger partial charge in [0.15, 0.2) is 0 Å². The lowest BCUT2D eigenvalue weighted by Gasteiger charge is -2.15. The zero-order chi connectivity index (χ0) is 18.6. The second-order valence-electron chi connectivity index (χ2n) is 5.44. The molecule has 8 heteroatoms. The molecule has 0 unspecified atom stereocenters. The number of aromatic amines is 1. The van der Waals surface area contributed by atoms with Crippen molar-refractivity contribution in [3.63, 3.8) is 0 Å². The SMILES string of the molecule is CCCOC(=O)c1[nH]c(N)c(-c2ccc(CO)c(CO)c2CO)c1Cl. The average molecular weight is 369 g/mol. The lowest BCUT2D eigenvalue weighted by atomic mass is 9.93. The van der Waals surface area contributed by atoms with Gasteiger partial charge in [-0.3, -0.25) is 0 Å². The molecule has 25 heavy (non-hydrogen) atoms. The molecule has 0 spiro atoms. The molecule has 0 aliphatic heterocycles. The highest BCUT2D eigenvalue weighted by Crippen LogP contribution is 2.39. The molecular weight excluding hydrogens is 348 g/mol. The Balaban J connectivity index is 2.60. The first-order chi connectivity index (χ1) is 12.0. The van der Waals surface area contributed by atoms with Crippen LogP contribution in [-0.2, 0) is 24.6 Å². The van der Waals surface area contributed by atoms with Gasteiger partial charge in [-0.05, 0) is 28.7 Å². The van der Waals surface area contributed by atoms with Crippen molar-refractivity contribution in [3.8, 4) is 11.1 Å². The van der Waals surface area contributed by atoms with Crippen LogP contribution in [0.25, 0.3) is 11.1 Å². The third kappa shape index (κ3) is 3.64. The van der Waals surface area contributed by atoms with Gasteiger partial charge in [0.2, 0.25) is 0 Å². The molecular formula is C17H21ClN2O5. The van der Waals surface area contributed by atoms with E-state index < -0.39 is 12.6 Å². The zero-order valence-corrected chi connectivity index (χ0v) is 14.6. The molecule has 0 bridgehead atoms. The number of carbonyl (C=O) groups is 1.